The van der Waals surface area contributed by atoms with Crippen LogP contribution in [0.25, 0.3) is 0 Å². The number of carbonyl (C=O) groups excluding carboxylic acids is 2. The van der Waals surface area contributed by atoms with Crippen molar-refractivity contribution in [3.63, 3.8) is 0 Å². The highest BCUT2D eigenvalue weighted by atomic mass is 127. The first kappa shape index (κ1) is 16.2. The van der Waals surface area contributed by atoms with Crippen LogP contribution >= 0.6 is 22.6 Å². The standard InChI is InChI=1S/C12H20IN3O3/c1-3-4-19-12(18)16-8(2)5-9(6-10(16)13)15-11(17)7-14/h3,8-10H,1,4-7,14H2,2H3,(H,15,17)/t8-,9+,10-/m0/s1. The molecule has 19 heavy (non-hydrogen) atoms. The molecule has 0 radical (unpaired) electrons. The molecule has 0 bridgehead atoms. The second-order valence-corrected chi connectivity index (χ2v) is 5.93. The van der Waals surface area contributed by atoms with Crippen molar-refractivity contribution in [1.29, 1.82) is 0 Å². The summed E-state index contributed by atoms with van der Waals surface area (Å²) >= 11 is 2.19. The summed E-state index contributed by atoms with van der Waals surface area (Å²) in [6.45, 7) is 5.65. The lowest BCUT2D eigenvalue weighted by Gasteiger charge is -2.40. The summed E-state index contributed by atoms with van der Waals surface area (Å²) in [5.74, 6) is -0.163. The van der Waals surface area contributed by atoms with Gasteiger partial charge in [-0.05, 0) is 19.8 Å². The van der Waals surface area contributed by atoms with E-state index < -0.39 is 0 Å². The molecule has 7 heteroatoms. The van der Waals surface area contributed by atoms with Crippen LogP contribution in [-0.2, 0) is 9.53 Å². The number of amides is 2. The fourth-order valence-electron chi connectivity index (χ4n) is 2.15. The fraction of sp³-hybridized carbons (Fsp3) is 0.667. The van der Waals surface area contributed by atoms with E-state index in [2.05, 4.69) is 34.5 Å². The van der Waals surface area contributed by atoms with Crippen LogP contribution in [0.3, 0.4) is 0 Å². The number of hydrogen-bond donors (Lipinski definition) is 2. The van der Waals surface area contributed by atoms with Crippen molar-refractivity contribution in [2.45, 2.75) is 35.9 Å². The van der Waals surface area contributed by atoms with Gasteiger partial charge in [0.2, 0.25) is 5.91 Å². The third kappa shape index (κ3) is 4.64. The highest BCUT2D eigenvalue weighted by Gasteiger charge is 2.36. The van der Waals surface area contributed by atoms with Crippen LogP contribution in [0.2, 0.25) is 0 Å². The van der Waals surface area contributed by atoms with Gasteiger partial charge in [-0.1, -0.05) is 35.2 Å². The van der Waals surface area contributed by atoms with Gasteiger partial charge in [-0.2, -0.15) is 0 Å². The molecule has 1 aliphatic heterocycles. The Balaban J connectivity index is 2.58. The maximum Gasteiger partial charge on any atom is 0.411 e. The number of hydrogen-bond acceptors (Lipinski definition) is 4. The van der Waals surface area contributed by atoms with Gasteiger partial charge in [-0.3, -0.25) is 9.69 Å². The van der Waals surface area contributed by atoms with Crippen LogP contribution in [0.1, 0.15) is 19.8 Å². The number of likely N-dealkylation sites (tertiary alicyclic amines) is 1. The zero-order chi connectivity index (χ0) is 14.4. The second kappa shape index (κ2) is 7.68. The van der Waals surface area contributed by atoms with Crippen LogP contribution < -0.4 is 11.1 Å². The summed E-state index contributed by atoms with van der Waals surface area (Å²) in [5, 5.41) is 2.87. The van der Waals surface area contributed by atoms with E-state index in [1.165, 1.54) is 0 Å². The minimum Gasteiger partial charge on any atom is -0.445 e. The minimum atomic E-state index is -0.338. The highest BCUT2D eigenvalue weighted by Crippen LogP contribution is 2.28. The molecule has 1 rings (SSSR count). The first-order valence-corrected chi connectivity index (χ1v) is 7.43. The lowest BCUT2D eigenvalue weighted by Crippen LogP contribution is -2.54. The number of alkyl halides is 1. The van der Waals surface area contributed by atoms with E-state index in [0.29, 0.717) is 12.8 Å². The van der Waals surface area contributed by atoms with Crippen LogP contribution in [0.5, 0.6) is 0 Å². The summed E-state index contributed by atoms with van der Waals surface area (Å²) in [6.07, 6.45) is 2.60. The third-order valence-corrected chi connectivity index (χ3v) is 4.08. The summed E-state index contributed by atoms with van der Waals surface area (Å²) in [7, 11) is 0. The zero-order valence-electron chi connectivity index (χ0n) is 11.0. The molecule has 6 nitrogen and oxygen atoms in total. The SMILES string of the molecule is C=CCOC(=O)N1[C@H](I)C[C@H](NC(=O)CN)C[C@@H]1C. The highest BCUT2D eigenvalue weighted by molar-refractivity contribution is 14.1. The van der Waals surface area contributed by atoms with Crippen molar-refractivity contribution in [2.24, 2.45) is 5.73 Å². The Kier molecular flexibility index (Phi) is 6.56. The van der Waals surface area contributed by atoms with E-state index in [1.54, 1.807) is 11.0 Å². The van der Waals surface area contributed by atoms with Gasteiger partial charge in [0.1, 0.15) is 6.61 Å². The molecule has 1 aliphatic rings. The Bertz CT molecular complexity index is 339. The van der Waals surface area contributed by atoms with Crippen molar-refractivity contribution in [2.75, 3.05) is 13.2 Å². The van der Waals surface area contributed by atoms with E-state index in [1.807, 2.05) is 6.92 Å². The van der Waals surface area contributed by atoms with Crippen molar-refractivity contribution in [3.8, 4) is 0 Å². The van der Waals surface area contributed by atoms with Gasteiger partial charge < -0.3 is 15.8 Å². The molecule has 1 fully saturated rings. The van der Waals surface area contributed by atoms with E-state index in [9.17, 15) is 9.59 Å². The van der Waals surface area contributed by atoms with Crippen LogP contribution in [-0.4, -0.2) is 46.2 Å². The quantitative estimate of drug-likeness (QED) is 0.329. The topological polar surface area (TPSA) is 84.7 Å². The molecule has 1 saturated heterocycles. The number of rotatable bonds is 4. The Labute approximate surface area is 126 Å². The maximum atomic E-state index is 11.9. The molecular formula is C12H20IN3O3. The Hall–Kier alpha value is -0.830. The second-order valence-electron chi connectivity index (χ2n) is 4.50. The number of piperidine rings is 1. The lowest BCUT2D eigenvalue weighted by atomic mass is 9.98. The van der Waals surface area contributed by atoms with Crippen molar-refractivity contribution in [1.82, 2.24) is 10.2 Å². The number of nitrogens with zero attached hydrogens (tertiary/aromatic N) is 1. The van der Waals surface area contributed by atoms with Crippen LogP contribution in [0, 0.1) is 0 Å². The van der Waals surface area contributed by atoms with Gasteiger partial charge in [0, 0.05) is 12.1 Å². The van der Waals surface area contributed by atoms with E-state index in [0.717, 1.165) is 0 Å². The summed E-state index contributed by atoms with van der Waals surface area (Å²) < 4.78 is 5.05. The van der Waals surface area contributed by atoms with Crippen molar-refractivity contribution < 1.29 is 14.3 Å². The average Bonchev–Trinajstić information content (AvgIpc) is 2.35. The molecule has 3 N–H and O–H groups in total. The summed E-state index contributed by atoms with van der Waals surface area (Å²) in [5.41, 5.74) is 5.28. The molecule has 1 heterocycles. The Morgan fingerprint density at radius 2 is 2.26 bits per heavy atom. The lowest BCUT2D eigenvalue weighted by molar-refractivity contribution is -0.120. The molecule has 0 saturated carbocycles. The first-order valence-electron chi connectivity index (χ1n) is 6.19. The smallest absolute Gasteiger partial charge is 0.411 e. The first-order chi connectivity index (χ1) is 8.99. The van der Waals surface area contributed by atoms with Gasteiger partial charge in [0.25, 0.3) is 0 Å². The molecule has 0 spiro atoms. The van der Waals surface area contributed by atoms with Crippen LogP contribution in [0.4, 0.5) is 4.79 Å². The third-order valence-electron chi connectivity index (χ3n) is 2.97. The number of carbonyl (C=O) groups is 2. The summed E-state index contributed by atoms with van der Waals surface area (Å²) in [6, 6.07) is 0.0624. The normalized spacial score (nSPS) is 26.7. The minimum absolute atomic E-state index is 0.0102. The molecule has 0 aromatic heterocycles. The van der Waals surface area contributed by atoms with Gasteiger partial charge in [-0.15, -0.1) is 0 Å². The molecule has 3 atom stereocenters. The molecule has 108 valence electrons. The van der Waals surface area contributed by atoms with Crippen molar-refractivity contribution >= 4 is 34.6 Å². The number of halogens is 1. The molecular weight excluding hydrogens is 361 g/mol. The van der Waals surface area contributed by atoms with Gasteiger partial charge >= 0.3 is 6.09 Å². The number of nitrogens with one attached hydrogen (secondary N) is 1. The molecule has 0 aliphatic carbocycles. The van der Waals surface area contributed by atoms with E-state index >= 15 is 0 Å². The number of nitrogens with two attached hydrogens (primary N) is 1. The fourth-order valence-corrected chi connectivity index (χ4v) is 3.54. The maximum absolute atomic E-state index is 11.9. The summed E-state index contributed by atoms with van der Waals surface area (Å²) in [4.78, 5) is 24.9. The Morgan fingerprint density at radius 1 is 1.58 bits per heavy atom. The predicted octanol–water partition coefficient (Wildman–Crippen LogP) is 0.998. The molecule has 0 unspecified atom stereocenters. The van der Waals surface area contributed by atoms with Crippen molar-refractivity contribution in [3.05, 3.63) is 12.7 Å². The monoisotopic (exact) mass is 381 g/mol. The zero-order valence-corrected chi connectivity index (χ0v) is 13.1. The van der Waals surface area contributed by atoms with Crippen LogP contribution in [0.15, 0.2) is 12.7 Å². The van der Waals surface area contributed by atoms with Gasteiger partial charge in [-0.25, -0.2) is 4.79 Å². The largest absolute Gasteiger partial charge is 0.445 e. The Morgan fingerprint density at radius 3 is 2.79 bits per heavy atom. The molecule has 0 aromatic rings. The average molecular weight is 381 g/mol. The van der Waals surface area contributed by atoms with E-state index in [4.69, 9.17) is 10.5 Å². The van der Waals surface area contributed by atoms with E-state index in [-0.39, 0.29) is 41.3 Å². The molecule has 0 aromatic carbocycles. The predicted molar refractivity (Wildman–Crippen MR) is 80.9 cm³/mol. The van der Waals surface area contributed by atoms with Gasteiger partial charge in [0.15, 0.2) is 0 Å². The number of ether oxygens (including phenoxy) is 1. The van der Waals surface area contributed by atoms with Gasteiger partial charge in [0.05, 0.1) is 10.6 Å². The molecule has 2 amide bonds.